The molecular weight excluding hydrogens is 292 g/mol. The quantitative estimate of drug-likeness (QED) is 0.873. The molecular formula is C13H12ClF2NO3. The first-order valence-corrected chi connectivity index (χ1v) is 6.42. The molecule has 4 nitrogen and oxygen atoms in total. The Morgan fingerprint density at radius 2 is 2.00 bits per heavy atom. The lowest BCUT2D eigenvalue weighted by Gasteiger charge is -2.17. The van der Waals surface area contributed by atoms with Gasteiger partial charge in [0.2, 0.25) is 0 Å². The van der Waals surface area contributed by atoms with Crippen molar-refractivity contribution in [1.82, 2.24) is 4.90 Å². The Labute approximate surface area is 118 Å². The number of benzene rings is 1. The molecule has 20 heavy (non-hydrogen) atoms. The number of halogens is 3. The smallest absolute Gasteiger partial charge is 0.303 e. The minimum absolute atomic E-state index is 0.0186. The molecule has 0 bridgehead atoms. The number of rotatable bonds is 3. The molecule has 0 saturated carbocycles. The molecule has 0 aromatic heterocycles. The highest BCUT2D eigenvalue weighted by Crippen LogP contribution is 2.25. The summed E-state index contributed by atoms with van der Waals surface area (Å²) in [6.45, 7) is 0.659. The average Bonchev–Trinajstić information content (AvgIpc) is 2.80. The predicted molar refractivity (Wildman–Crippen MR) is 67.6 cm³/mol. The van der Waals surface area contributed by atoms with E-state index >= 15 is 0 Å². The first-order valence-electron chi connectivity index (χ1n) is 6.04. The molecule has 0 radical (unpaired) electrons. The van der Waals surface area contributed by atoms with E-state index in [0.29, 0.717) is 13.0 Å². The van der Waals surface area contributed by atoms with Crippen LogP contribution >= 0.6 is 11.6 Å². The molecule has 1 N–H and O–H groups in total. The number of hydrogen-bond donors (Lipinski definition) is 1. The molecule has 108 valence electrons. The van der Waals surface area contributed by atoms with Gasteiger partial charge in [0.05, 0.1) is 10.6 Å². The summed E-state index contributed by atoms with van der Waals surface area (Å²) in [6, 6.07) is 1.53. The van der Waals surface area contributed by atoms with Crippen molar-refractivity contribution in [3.63, 3.8) is 0 Å². The second kappa shape index (κ2) is 5.75. The van der Waals surface area contributed by atoms with E-state index < -0.39 is 23.5 Å². The lowest BCUT2D eigenvalue weighted by Crippen LogP contribution is -2.29. The van der Waals surface area contributed by atoms with Gasteiger partial charge in [0, 0.05) is 19.5 Å². The Hall–Kier alpha value is -1.69. The van der Waals surface area contributed by atoms with Crippen LogP contribution in [0.5, 0.6) is 0 Å². The minimum atomic E-state index is -1.14. The molecule has 1 unspecified atom stereocenters. The number of hydrogen-bond acceptors (Lipinski definition) is 2. The van der Waals surface area contributed by atoms with Gasteiger partial charge in [-0.3, -0.25) is 9.59 Å². The van der Waals surface area contributed by atoms with Crippen molar-refractivity contribution in [2.75, 3.05) is 13.1 Å². The zero-order valence-corrected chi connectivity index (χ0v) is 11.2. The molecule has 1 saturated heterocycles. The van der Waals surface area contributed by atoms with Gasteiger partial charge < -0.3 is 10.0 Å². The molecule has 1 aliphatic rings. The Kier molecular flexibility index (Phi) is 4.23. The molecule has 1 atom stereocenters. The van der Waals surface area contributed by atoms with E-state index in [9.17, 15) is 18.4 Å². The van der Waals surface area contributed by atoms with E-state index in [1.54, 1.807) is 0 Å². The molecule has 0 spiro atoms. The highest BCUT2D eigenvalue weighted by atomic mass is 35.5. The van der Waals surface area contributed by atoms with Gasteiger partial charge in [-0.1, -0.05) is 11.6 Å². The number of nitrogens with zero attached hydrogens (tertiary/aromatic N) is 1. The van der Waals surface area contributed by atoms with Crippen LogP contribution in [0.15, 0.2) is 12.1 Å². The number of likely N-dealkylation sites (tertiary alicyclic amines) is 1. The fourth-order valence-electron chi connectivity index (χ4n) is 2.29. The van der Waals surface area contributed by atoms with Crippen molar-refractivity contribution >= 4 is 23.5 Å². The number of aliphatic carboxylic acids is 1. The zero-order chi connectivity index (χ0) is 14.9. The maximum Gasteiger partial charge on any atom is 0.303 e. The van der Waals surface area contributed by atoms with Crippen LogP contribution in [-0.2, 0) is 4.79 Å². The minimum Gasteiger partial charge on any atom is -0.481 e. The third kappa shape index (κ3) is 3.07. The van der Waals surface area contributed by atoms with Gasteiger partial charge in [-0.15, -0.1) is 0 Å². The van der Waals surface area contributed by atoms with Crippen molar-refractivity contribution in [2.24, 2.45) is 5.92 Å². The summed E-state index contributed by atoms with van der Waals surface area (Å²) in [7, 11) is 0. The van der Waals surface area contributed by atoms with Crippen LogP contribution in [0.4, 0.5) is 8.78 Å². The van der Waals surface area contributed by atoms with Gasteiger partial charge in [0.25, 0.3) is 5.91 Å². The number of carbonyl (C=O) groups is 2. The first kappa shape index (κ1) is 14.7. The second-order valence-electron chi connectivity index (χ2n) is 4.75. The summed E-state index contributed by atoms with van der Waals surface area (Å²) >= 11 is 5.75. The van der Waals surface area contributed by atoms with Crippen LogP contribution in [0, 0.1) is 17.6 Å². The third-order valence-electron chi connectivity index (χ3n) is 3.28. The van der Waals surface area contributed by atoms with E-state index in [1.807, 2.05) is 0 Å². The largest absolute Gasteiger partial charge is 0.481 e. The van der Waals surface area contributed by atoms with Crippen LogP contribution in [-0.4, -0.2) is 35.0 Å². The summed E-state index contributed by atoms with van der Waals surface area (Å²) in [5.41, 5.74) is -0.110. The molecule has 1 aliphatic heterocycles. The van der Waals surface area contributed by atoms with Crippen molar-refractivity contribution in [2.45, 2.75) is 12.8 Å². The Bertz CT molecular complexity index is 565. The maximum atomic E-state index is 13.2. The Morgan fingerprint density at radius 1 is 1.35 bits per heavy atom. The standard InChI is InChI=1S/C13H12ClF2NO3/c14-9-5-11(16)10(15)4-8(9)13(20)17-2-1-7(6-17)3-12(18)19/h4-5,7H,1-3,6H2,(H,18,19). The highest BCUT2D eigenvalue weighted by molar-refractivity contribution is 6.33. The number of carboxylic acid groups (broad SMARTS) is 1. The lowest BCUT2D eigenvalue weighted by molar-refractivity contribution is -0.138. The molecule has 1 amide bonds. The van der Waals surface area contributed by atoms with Crippen molar-refractivity contribution < 1.29 is 23.5 Å². The summed E-state index contributed by atoms with van der Waals surface area (Å²) in [4.78, 5) is 24.2. The van der Waals surface area contributed by atoms with Crippen LogP contribution in [0.3, 0.4) is 0 Å². The van der Waals surface area contributed by atoms with Gasteiger partial charge >= 0.3 is 5.97 Å². The first-order chi connectivity index (χ1) is 9.38. The van der Waals surface area contributed by atoms with Gasteiger partial charge in [0.15, 0.2) is 11.6 Å². The summed E-state index contributed by atoms with van der Waals surface area (Å²) in [5, 5.41) is 8.55. The topological polar surface area (TPSA) is 57.6 Å². The molecule has 1 aromatic rings. The molecule has 0 aliphatic carbocycles. The number of carboxylic acids is 1. The molecule has 7 heteroatoms. The van der Waals surface area contributed by atoms with Crippen LogP contribution < -0.4 is 0 Å². The fraction of sp³-hybridized carbons (Fsp3) is 0.385. The van der Waals surface area contributed by atoms with E-state index in [-0.39, 0.29) is 29.5 Å². The molecule has 2 rings (SSSR count). The van der Waals surface area contributed by atoms with Gasteiger partial charge in [-0.2, -0.15) is 0 Å². The number of amides is 1. The Balaban J connectivity index is 2.13. The monoisotopic (exact) mass is 303 g/mol. The van der Waals surface area contributed by atoms with Gasteiger partial charge in [-0.05, 0) is 24.5 Å². The van der Waals surface area contributed by atoms with E-state index in [1.165, 1.54) is 4.90 Å². The van der Waals surface area contributed by atoms with E-state index in [2.05, 4.69) is 0 Å². The van der Waals surface area contributed by atoms with Gasteiger partial charge in [-0.25, -0.2) is 8.78 Å². The van der Waals surface area contributed by atoms with Crippen molar-refractivity contribution in [3.05, 3.63) is 34.4 Å². The summed E-state index contributed by atoms with van der Waals surface area (Å²) in [6.07, 6.45) is 0.550. The highest BCUT2D eigenvalue weighted by Gasteiger charge is 2.29. The van der Waals surface area contributed by atoms with Crippen molar-refractivity contribution in [3.8, 4) is 0 Å². The lowest BCUT2D eigenvalue weighted by atomic mass is 10.1. The molecule has 1 fully saturated rings. The van der Waals surface area contributed by atoms with Crippen LogP contribution in [0.2, 0.25) is 5.02 Å². The van der Waals surface area contributed by atoms with Crippen LogP contribution in [0.25, 0.3) is 0 Å². The molecule has 1 heterocycles. The SMILES string of the molecule is O=C(O)CC1CCN(C(=O)c2cc(F)c(F)cc2Cl)C1. The second-order valence-corrected chi connectivity index (χ2v) is 5.16. The van der Waals surface area contributed by atoms with Crippen LogP contribution in [0.1, 0.15) is 23.2 Å². The fourth-order valence-corrected chi connectivity index (χ4v) is 2.52. The maximum absolute atomic E-state index is 13.2. The summed E-state index contributed by atoms with van der Waals surface area (Å²) < 4.78 is 26.1. The third-order valence-corrected chi connectivity index (χ3v) is 3.59. The number of carbonyl (C=O) groups excluding carboxylic acids is 1. The van der Waals surface area contributed by atoms with E-state index in [0.717, 1.165) is 12.1 Å². The average molecular weight is 304 g/mol. The Morgan fingerprint density at radius 3 is 2.65 bits per heavy atom. The summed E-state index contributed by atoms with van der Waals surface area (Å²) in [5.74, 6) is -3.81. The zero-order valence-electron chi connectivity index (χ0n) is 10.4. The normalized spacial score (nSPS) is 18.4. The van der Waals surface area contributed by atoms with Gasteiger partial charge in [0.1, 0.15) is 0 Å². The molecule has 1 aromatic carbocycles. The predicted octanol–water partition coefficient (Wildman–Crippen LogP) is 2.56. The van der Waals surface area contributed by atoms with E-state index in [4.69, 9.17) is 16.7 Å². The van der Waals surface area contributed by atoms with Crippen molar-refractivity contribution in [1.29, 1.82) is 0 Å².